The molecule has 0 aliphatic carbocycles. The summed E-state index contributed by atoms with van der Waals surface area (Å²) in [4.78, 5) is 18.1. The molecule has 1 saturated heterocycles. The van der Waals surface area contributed by atoms with Gasteiger partial charge >= 0.3 is 6.09 Å². The molecule has 1 fully saturated rings. The number of piperidine rings is 1. The van der Waals surface area contributed by atoms with Gasteiger partial charge in [0, 0.05) is 18.9 Å². The van der Waals surface area contributed by atoms with Crippen LogP contribution in [0.5, 0.6) is 0 Å². The Morgan fingerprint density at radius 3 is 2.73 bits per heavy atom. The highest BCUT2D eigenvalue weighted by molar-refractivity contribution is 5.68. The van der Waals surface area contributed by atoms with E-state index < -0.39 is 5.60 Å². The van der Waals surface area contributed by atoms with Gasteiger partial charge in [0.05, 0.1) is 19.3 Å². The Balaban J connectivity index is 1.85. The van der Waals surface area contributed by atoms with E-state index in [4.69, 9.17) is 9.47 Å². The highest BCUT2D eigenvalue weighted by Crippen LogP contribution is 2.21. The molecule has 5 heteroatoms. The van der Waals surface area contributed by atoms with Crippen LogP contribution in [-0.4, -0.2) is 40.8 Å². The average Bonchev–Trinajstić information content (AvgIpc) is 2.47. The quantitative estimate of drug-likeness (QED) is 0.855. The maximum Gasteiger partial charge on any atom is 0.410 e. The lowest BCUT2D eigenvalue weighted by Gasteiger charge is -2.36. The highest BCUT2D eigenvalue weighted by atomic mass is 16.6. The van der Waals surface area contributed by atoms with E-state index in [9.17, 15) is 4.79 Å². The van der Waals surface area contributed by atoms with Crippen LogP contribution in [0.1, 0.15) is 45.6 Å². The van der Waals surface area contributed by atoms with Crippen LogP contribution in [0, 0.1) is 0 Å². The highest BCUT2D eigenvalue weighted by Gasteiger charge is 2.30. The number of ether oxygens (including phenoxy) is 2. The molecule has 1 aromatic heterocycles. The normalized spacial score (nSPS) is 19.0. The van der Waals surface area contributed by atoms with Gasteiger partial charge in [-0.2, -0.15) is 0 Å². The van der Waals surface area contributed by atoms with Crippen molar-refractivity contribution < 1.29 is 14.3 Å². The number of hydrogen-bond donors (Lipinski definition) is 0. The number of hydrogen-bond acceptors (Lipinski definition) is 4. The van der Waals surface area contributed by atoms with Crippen molar-refractivity contribution in [3.63, 3.8) is 0 Å². The number of aromatic nitrogens is 1. The molecule has 122 valence electrons. The third-order valence-corrected chi connectivity index (χ3v) is 3.58. The molecule has 22 heavy (non-hydrogen) atoms. The van der Waals surface area contributed by atoms with Crippen LogP contribution < -0.4 is 0 Å². The van der Waals surface area contributed by atoms with Gasteiger partial charge < -0.3 is 14.4 Å². The van der Waals surface area contributed by atoms with Gasteiger partial charge in [-0.05, 0) is 57.7 Å². The van der Waals surface area contributed by atoms with Crippen LogP contribution >= 0.6 is 0 Å². The fourth-order valence-corrected chi connectivity index (χ4v) is 2.53. The van der Waals surface area contributed by atoms with Gasteiger partial charge in [-0.1, -0.05) is 0 Å². The zero-order valence-electron chi connectivity index (χ0n) is 13.7. The lowest BCUT2D eigenvalue weighted by atomic mass is 10.0. The molecular formula is C17H26N2O3. The predicted octanol–water partition coefficient (Wildman–Crippen LogP) is 3.39. The standard InChI is InChI=1S/C17H26N2O3/c1-17(2,3)22-16(20)19-11-5-4-6-15(19)13-21-12-14-7-9-18-10-8-14/h7-10,15H,4-6,11-13H2,1-3H3. The molecule has 0 radical (unpaired) electrons. The van der Waals surface area contributed by atoms with Crippen LogP contribution in [0.15, 0.2) is 24.5 Å². The Bertz CT molecular complexity index is 471. The maximum atomic E-state index is 12.3. The van der Waals surface area contributed by atoms with Crippen molar-refractivity contribution in [3.05, 3.63) is 30.1 Å². The van der Waals surface area contributed by atoms with Crippen LogP contribution in [0.3, 0.4) is 0 Å². The summed E-state index contributed by atoms with van der Waals surface area (Å²) in [7, 11) is 0. The first-order valence-electron chi connectivity index (χ1n) is 7.92. The number of pyridine rings is 1. The van der Waals surface area contributed by atoms with E-state index in [2.05, 4.69) is 4.98 Å². The third kappa shape index (κ3) is 5.30. The summed E-state index contributed by atoms with van der Waals surface area (Å²) in [5.41, 5.74) is 0.631. The van der Waals surface area contributed by atoms with E-state index in [1.165, 1.54) is 0 Å². The number of carbonyl (C=O) groups is 1. The second-order valence-electron chi connectivity index (χ2n) is 6.69. The van der Waals surface area contributed by atoms with Crippen molar-refractivity contribution in [1.29, 1.82) is 0 Å². The molecule has 1 unspecified atom stereocenters. The molecule has 0 bridgehead atoms. The molecule has 1 atom stereocenters. The van der Waals surface area contributed by atoms with E-state index in [1.54, 1.807) is 12.4 Å². The smallest absolute Gasteiger partial charge is 0.410 e. The first kappa shape index (κ1) is 16.7. The molecule has 2 rings (SSSR count). The van der Waals surface area contributed by atoms with Crippen LogP contribution in [0.2, 0.25) is 0 Å². The first-order chi connectivity index (χ1) is 10.5. The van der Waals surface area contributed by atoms with E-state index in [0.29, 0.717) is 13.2 Å². The summed E-state index contributed by atoms with van der Waals surface area (Å²) < 4.78 is 11.3. The maximum absolute atomic E-state index is 12.3. The van der Waals surface area contributed by atoms with Crippen molar-refractivity contribution in [2.75, 3.05) is 13.2 Å². The second-order valence-corrected chi connectivity index (χ2v) is 6.69. The monoisotopic (exact) mass is 306 g/mol. The Kier molecular flexibility index (Phi) is 5.77. The van der Waals surface area contributed by atoms with Crippen molar-refractivity contribution in [3.8, 4) is 0 Å². The first-order valence-corrected chi connectivity index (χ1v) is 7.92. The lowest BCUT2D eigenvalue weighted by Crippen LogP contribution is -2.48. The van der Waals surface area contributed by atoms with E-state index >= 15 is 0 Å². The average molecular weight is 306 g/mol. The van der Waals surface area contributed by atoms with Gasteiger partial charge in [0.15, 0.2) is 0 Å². The van der Waals surface area contributed by atoms with Crippen molar-refractivity contribution >= 4 is 6.09 Å². The molecule has 0 spiro atoms. The Labute approximate surface area is 132 Å². The van der Waals surface area contributed by atoms with Crippen LogP contribution in [0.25, 0.3) is 0 Å². The van der Waals surface area contributed by atoms with E-state index in [1.807, 2.05) is 37.8 Å². The van der Waals surface area contributed by atoms with E-state index in [0.717, 1.165) is 31.4 Å². The molecule has 0 N–H and O–H groups in total. The summed E-state index contributed by atoms with van der Waals surface area (Å²) >= 11 is 0. The van der Waals surface area contributed by atoms with Crippen LogP contribution in [0.4, 0.5) is 4.79 Å². The third-order valence-electron chi connectivity index (χ3n) is 3.58. The molecule has 1 amide bonds. The number of likely N-dealkylation sites (tertiary alicyclic amines) is 1. The molecule has 0 saturated carbocycles. The molecule has 2 heterocycles. The minimum Gasteiger partial charge on any atom is -0.444 e. The molecule has 1 aliphatic rings. The molecule has 1 aliphatic heterocycles. The minimum atomic E-state index is -0.461. The molecule has 1 aromatic rings. The van der Waals surface area contributed by atoms with Gasteiger partial charge in [0.25, 0.3) is 0 Å². The van der Waals surface area contributed by atoms with Gasteiger partial charge in [0.1, 0.15) is 5.60 Å². The fraction of sp³-hybridized carbons (Fsp3) is 0.647. The number of rotatable bonds is 4. The number of carbonyl (C=O) groups excluding carboxylic acids is 1. The van der Waals surface area contributed by atoms with Crippen LogP contribution in [-0.2, 0) is 16.1 Å². The van der Waals surface area contributed by atoms with E-state index in [-0.39, 0.29) is 12.1 Å². The Morgan fingerprint density at radius 2 is 2.05 bits per heavy atom. The van der Waals surface area contributed by atoms with Crippen molar-refractivity contribution in [2.45, 2.75) is 58.3 Å². The van der Waals surface area contributed by atoms with Gasteiger partial charge in [-0.25, -0.2) is 4.79 Å². The number of amides is 1. The van der Waals surface area contributed by atoms with Gasteiger partial charge in [0.2, 0.25) is 0 Å². The zero-order chi connectivity index (χ0) is 16.0. The topological polar surface area (TPSA) is 51.7 Å². The second kappa shape index (κ2) is 7.58. The summed E-state index contributed by atoms with van der Waals surface area (Å²) in [6.45, 7) is 7.51. The summed E-state index contributed by atoms with van der Waals surface area (Å²) in [5.74, 6) is 0. The Morgan fingerprint density at radius 1 is 1.32 bits per heavy atom. The summed E-state index contributed by atoms with van der Waals surface area (Å²) in [6, 6.07) is 3.98. The zero-order valence-corrected chi connectivity index (χ0v) is 13.7. The van der Waals surface area contributed by atoms with Crippen molar-refractivity contribution in [2.24, 2.45) is 0 Å². The summed E-state index contributed by atoms with van der Waals surface area (Å²) in [6.07, 6.45) is 6.40. The van der Waals surface area contributed by atoms with Gasteiger partial charge in [-0.3, -0.25) is 4.98 Å². The minimum absolute atomic E-state index is 0.102. The predicted molar refractivity (Wildman–Crippen MR) is 84.5 cm³/mol. The summed E-state index contributed by atoms with van der Waals surface area (Å²) in [5, 5.41) is 0. The van der Waals surface area contributed by atoms with Gasteiger partial charge in [-0.15, -0.1) is 0 Å². The fourth-order valence-electron chi connectivity index (χ4n) is 2.53. The SMILES string of the molecule is CC(C)(C)OC(=O)N1CCCCC1COCc1ccncc1. The molecule has 0 aromatic carbocycles. The largest absolute Gasteiger partial charge is 0.444 e. The molecular weight excluding hydrogens is 280 g/mol. The molecule has 5 nitrogen and oxygen atoms in total. The Hall–Kier alpha value is -1.62. The number of nitrogens with zero attached hydrogens (tertiary/aromatic N) is 2. The van der Waals surface area contributed by atoms with Crippen molar-refractivity contribution in [1.82, 2.24) is 9.88 Å². The lowest BCUT2D eigenvalue weighted by molar-refractivity contribution is -0.00997.